The number of aliphatic carboxylic acids is 1. The van der Waals surface area contributed by atoms with E-state index in [1.54, 1.807) is 39.0 Å². The molecule has 0 bridgehead atoms. The summed E-state index contributed by atoms with van der Waals surface area (Å²) in [6.07, 6.45) is 6.75. The van der Waals surface area contributed by atoms with Gasteiger partial charge >= 0.3 is 11.9 Å². The standard InChI is InChI=1S/C39H40N2O9/c1-25(28(27-19-20-32-33(22-27)48-24-47-32)15-10-18-34-40-30-16-8-9-17-31(30)49-34)41(21-11-14-26-12-6-5-7-13-26)37(45)36(44)29(23-35(42)43)38(46)50-39(2,3)4/h5-14,16-20,22,25,28,44H,15,21,23-24H2,1-4H3,(H,42,43)/b14-11+,18-10+,36-29?. The number of carboxylic acid groups (broad SMARTS) is 1. The van der Waals surface area contributed by atoms with Crippen LogP contribution in [0.2, 0.25) is 0 Å². The topological polar surface area (TPSA) is 149 Å². The fourth-order valence-electron chi connectivity index (χ4n) is 5.56. The summed E-state index contributed by atoms with van der Waals surface area (Å²) in [5.74, 6) is -3.24. The van der Waals surface area contributed by atoms with Crippen LogP contribution in [0, 0.1) is 0 Å². The van der Waals surface area contributed by atoms with Crippen LogP contribution in [-0.4, -0.2) is 62.9 Å². The number of carbonyl (C=O) groups excluding carboxylic acids is 2. The number of oxazole rings is 1. The maximum absolute atomic E-state index is 14.2. The zero-order valence-electron chi connectivity index (χ0n) is 28.4. The summed E-state index contributed by atoms with van der Waals surface area (Å²) in [6, 6.07) is 21.8. The van der Waals surface area contributed by atoms with Crippen molar-refractivity contribution in [3.8, 4) is 11.5 Å². The average Bonchev–Trinajstić information content (AvgIpc) is 3.73. The van der Waals surface area contributed by atoms with E-state index in [0.717, 1.165) is 16.6 Å². The van der Waals surface area contributed by atoms with Gasteiger partial charge in [0, 0.05) is 18.5 Å². The van der Waals surface area contributed by atoms with Crippen LogP contribution in [0.1, 0.15) is 63.5 Å². The third kappa shape index (κ3) is 8.98. The third-order valence-corrected chi connectivity index (χ3v) is 7.99. The number of para-hydroxylation sites is 2. The first-order valence-corrected chi connectivity index (χ1v) is 16.2. The van der Waals surface area contributed by atoms with Crippen molar-refractivity contribution in [2.75, 3.05) is 13.3 Å². The lowest BCUT2D eigenvalue weighted by Crippen LogP contribution is -2.43. The molecule has 11 heteroatoms. The minimum atomic E-state index is -1.41. The summed E-state index contributed by atoms with van der Waals surface area (Å²) in [6.45, 7) is 6.75. The van der Waals surface area contributed by atoms with Gasteiger partial charge in [0.1, 0.15) is 11.1 Å². The summed E-state index contributed by atoms with van der Waals surface area (Å²) in [7, 11) is 0. The molecule has 0 saturated carbocycles. The number of ether oxygens (including phenoxy) is 3. The van der Waals surface area contributed by atoms with Crippen molar-refractivity contribution < 1.29 is 43.2 Å². The first kappa shape index (κ1) is 35.5. The average molecular weight is 681 g/mol. The molecule has 1 aromatic heterocycles. The predicted octanol–water partition coefficient (Wildman–Crippen LogP) is 7.30. The number of hydrogen-bond donors (Lipinski definition) is 2. The van der Waals surface area contributed by atoms with Gasteiger partial charge < -0.3 is 33.7 Å². The first-order chi connectivity index (χ1) is 23.9. The van der Waals surface area contributed by atoms with Gasteiger partial charge in [-0.2, -0.15) is 0 Å². The second-order valence-corrected chi connectivity index (χ2v) is 12.8. The molecule has 4 aromatic rings. The fraction of sp³-hybridized carbons (Fsp3) is 0.282. The molecule has 2 unspecified atom stereocenters. The van der Waals surface area contributed by atoms with Gasteiger partial charge in [-0.1, -0.05) is 66.8 Å². The third-order valence-electron chi connectivity index (χ3n) is 7.99. The van der Waals surface area contributed by atoms with E-state index in [9.17, 15) is 24.6 Å². The number of aliphatic hydroxyl groups is 1. The molecule has 5 rings (SSSR count). The molecule has 1 aliphatic heterocycles. The van der Waals surface area contributed by atoms with Crippen molar-refractivity contribution in [3.63, 3.8) is 0 Å². The van der Waals surface area contributed by atoms with E-state index in [-0.39, 0.29) is 13.3 Å². The van der Waals surface area contributed by atoms with Crippen molar-refractivity contribution in [2.45, 2.75) is 58.1 Å². The summed E-state index contributed by atoms with van der Waals surface area (Å²) in [4.78, 5) is 45.0. The molecule has 2 atom stereocenters. The second kappa shape index (κ2) is 15.6. The highest BCUT2D eigenvalue weighted by atomic mass is 16.7. The van der Waals surface area contributed by atoms with E-state index in [1.165, 1.54) is 4.90 Å². The van der Waals surface area contributed by atoms with Gasteiger partial charge in [-0.3, -0.25) is 9.59 Å². The van der Waals surface area contributed by atoms with Crippen molar-refractivity contribution >= 4 is 41.1 Å². The number of fused-ring (bicyclic) bond motifs is 2. The predicted molar refractivity (Wildman–Crippen MR) is 187 cm³/mol. The van der Waals surface area contributed by atoms with E-state index >= 15 is 0 Å². The van der Waals surface area contributed by atoms with E-state index in [0.29, 0.717) is 29.4 Å². The van der Waals surface area contributed by atoms with Gasteiger partial charge in [-0.25, -0.2) is 9.78 Å². The zero-order chi connectivity index (χ0) is 35.8. The minimum absolute atomic E-state index is 0.0174. The highest BCUT2D eigenvalue weighted by Gasteiger charge is 2.34. The van der Waals surface area contributed by atoms with Crippen LogP contribution in [0.4, 0.5) is 0 Å². The van der Waals surface area contributed by atoms with E-state index in [1.807, 2.05) is 85.8 Å². The molecule has 0 saturated heterocycles. The Bertz CT molecular complexity index is 1900. The summed E-state index contributed by atoms with van der Waals surface area (Å²) < 4.78 is 22.4. The molecule has 1 amide bonds. The van der Waals surface area contributed by atoms with Crippen molar-refractivity contribution in [1.82, 2.24) is 9.88 Å². The molecule has 2 N–H and O–H groups in total. The lowest BCUT2D eigenvalue weighted by atomic mass is 9.87. The summed E-state index contributed by atoms with van der Waals surface area (Å²) >= 11 is 0. The maximum atomic E-state index is 14.2. The summed E-state index contributed by atoms with van der Waals surface area (Å²) in [5, 5.41) is 20.9. The molecule has 0 radical (unpaired) electrons. The molecule has 260 valence electrons. The van der Waals surface area contributed by atoms with Gasteiger partial charge in [0.25, 0.3) is 5.91 Å². The SMILES string of the molecule is CC(C(C/C=C/c1nc2ccccc2o1)c1ccc2c(c1)OCO2)N(C/C=C/c1ccccc1)C(=O)C(O)=C(CC(=O)O)C(=O)OC(C)(C)C. The van der Waals surface area contributed by atoms with E-state index < -0.39 is 53.2 Å². The van der Waals surface area contributed by atoms with Crippen LogP contribution in [0.3, 0.4) is 0 Å². The number of aliphatic hydroxyl groups excluding tert-OH is 1. The fourth-order valence-corrected chi connectivity index (χ4v) is 5.56. The molecule has 0 spiro atoms. The number of carbonyl (C=O) groups is 3. The molecule has 2 heterocycles. The van der Waals surface area contributed by atoms with Crippen LogP contribution in [0.5, 0.6) is 11.5 Å². The highest BCUT2D eigenvalue weighted by molar-refractivity contribution is 6.03. The Morgan fingerprint density at radius 2 is 1.66 bits per heavy atom. The van der Waals surface area contributed by atoms with Crippen LogP contribution < -0.4 is 9.47 Å². The van der Waals surface area contributed by atoms with Crippen molar-refractivity contribution in [2.24, 2.45) is 0 Å². The quantitative estimate of drug-likeness (QED) is 0.0837. The first-order valence-electron chi connectivity index (χ1n) is 16.2. The number of amides is 1. The van der Waals surface area contributed by atoms with Gasteiger partial charge in [0.2, 0.25) is 12.7 Å². The van der Waals surface area contributed by atoms with Crippen LogP contribution in [0.25, 0.3) is 23.3 Å². The van der Waals surface area contributed by atoms with Gasteiger partial charge in [-0.15, -0.1) is 0 Å². The molecule has 1 aliphatic rings. The van der Waals surface area contributed by atoms with Gasteiger partial charge in [0.15, 0.2) is 22.8 Å². The molecular weight excluding hydrogens is 640 g/mol. The Kier molecular flexibility index (Phi) is 11.1. The molecule has 3 aromatic carbocycles. The largest absolute Gasteiger partial charge is 0.503 e. The van der Waals surface area contributed by atoms with Crippen molar-refractivity contribution in [1.29, 1.82) is 0 Å². The zero-order valence-corrected chi connectivity index (χ0v) is 28.4. The number of carboxylic acids is 1. The molecule has 11 nitrogen and oxygen atoms in total. The minimum Gasteiger partial charge on any atom is -0.503 e. The molecular formula is C39H40N2O9. The summed E-state index contributed by atoms with van der Waals surface area (Å²) in [5.41, 5.74) is 1.44. The number of nitrogens with zero attached hydrogens (tertiary/aromatic N) is 2. The second-order valence-electron chi connectivity index (χ2n) is 12.8. The monoisotopic (exact) mass is 680 g/mol. The number of rotatable bonds is 13. The highest BCUT2D eigenvalue weighted by Crippen LogP contribution is 2.38. The van der Waals surface area contributed by atoms with Gasteiger partial charge in [-0.05, 0) is 75.6 Å². The lowest BCUT2D eigenvalue weighted by molar-refractivity contribution is -0.152. The number of allylic oxidation sites excluding steroid dienone is 1. The normalized spacial score (nSPS) is 14.5. The van der Waals surface area contributed by atoms with Crippen LogP contribution in [-0.2, 0) is 19.1 Å². The van der Waals surface area contributed by atoms with Gasteiger partial charge in [0.05, 0.1) is 12.0 Å². The number of benzene rings is 3. The number of aromatic nitrogens is 1. The maximum Gasteiger partial charge on any atom is 0.339 e. The Morgan fingerprint density at radius 3 is 2.38 bits per heavy atom. The molecule has 50 heavy (non-hydrogen) atoms. The Morgan fingerprint density at radius 1 is 0.940 bits per heavy atom. The Balaban J connectivity index is 1.53. The smallest absolute Gasteiger partial charge is 0.339 e. The van der Waals surface area contributed by atoms with E-state index in [2.05, 4.69) is 4.98 Å². The molecule has 0 aliphatic carbocycles. The Hall–Kier alpha value is -5.84. The molecule has 0 fully saturated rings. The van der Waals surface area contributed by atoms with Crippen LogP contribution >= 0.6 is 0 Å². The van der Waals surface area contributed by atoms with Crippen molar-refractivity contribution in [3.05, 3.63) is 113 Å². The number of hydrogen-bond acceptors (Lipinski definition) is 9. The lowest BCUT2D eigenvalue weighted by Gasteiger charge is -2.34. The number of esters is 1. The Labute approximate surface area is 290 Å². The van der Waals surface area contributed by atoms with E-state index in [4.69, 9.17) is 18.6 Å². The van der Waals surface area contributed by atoms with Crippen LogP contribution in [0.15, 0.2) is 101 Å².